The Kier molecular flexibility index (Phi) is 6.64. The van der Waals surface area contributed by atoms with E-state index in [1.54, 1.807) is 12.1 Å². The Hall–Kier alpha value is -1.74. The van der Waals surface area contributed by atoms with E-state index >= 15 is 0 Å². The van der Waals surface area contributed by atoms with Crippen LogP contribution in [0.4, 0.5) is 0 Å². The van der Waals surface area contributed by atoms with Crippen molar-refractivity contribution in [2.45, 2.75) is 18.2 Å². The largest absolute Gasteiger partial charge is 0.335 e. The van der Waals surface area contributed by atoms with Crippen LogP contribution in [0.3, 0.4) is 0 Å². The average molecular weight is 408 g/mol. The van der Waals surface area contributed by atoms with Crippen LogP contribution >= 0.6 is 11.3 Å². The van der Waals surface area contributed by atoms with E-state index < -0.39 is 10.0 Å². The summed E-state index contributed by atoms with van der Waals surface area (Å²) in [5, 5.41) is 1.91. The maximum atomic E-state index is 12.4. The molecule has 1 N–H and O–H groups in total. The summed E-state index contributed by atoms with van der Waals surface area (Å²) in [7, 11) is -3.48. The lowest BCUT2D eigenvalue weighted by atomic mass is 10.2. The molecule has 1 aliphatic heterocycles. The van der Waals surface area contributed by atoms with E-state index in [-0.39, 0.29) is 5.91 Å². The quantitative estimate of drug-likeness (QED) is 0.763. The normalized spacial score (nSPS) is 15.8. The molecule has 3 rings (SSSR count). The molecule has 0 atom stereocenters. The molecule has 2 heterocycles. The molecule has 2 aromatic rings. The van der Waals surface area contributed by atoms with E-state index in [0.29, 0.717) is 31.1 Å². The maximum Gasteiger partial charge on any atom is 0.264 e. The zero-order valence-corrected chi connectivity index (χ0v) is 17.1. The van der Waals surface area contributed by atoms with Gasteiger partial charge in [-0.3, -0.25) is 9.69 Å². The zero-order chi connectivity index (χ0) is 19.3. The molecule has 27 heavy (non-hydrogen) atoms. The number of hydrogen-bond acceptors (Lipinski definition) is 5. The fourth-order valence-corrected chi connectivity index (χ4v) is 4.77. The van der Waals surface area contributed by atoms with Crippen LogP contribution in [0.5, 0.6) is 0 Å². The van der Waals surface area contributed by atoms with Gasteiger partial charge in [0.2, 0.25) is 10.0 Å². The van der Waals surface area contributed by atoms with Crippen molar-refractivity contribution in [2.75, 3.05) is 39.3 Å². The first kappa shape index (κ1) is 20.0. The second-order valence-electron chi connectivity index (χ2n) is 6.51. The van der Waals surface area contributed by atoms with Gasteiger partial charge < -0.3 is 4.90 Å². The summed E-state index contributed by atoms with van der Waals surface area (Å²) < 4.78 is 27.4. The number of benzene rings is 1. The van der Waals surface area contributed by atoms with Gasteiger partial charge >= 0.3 is 0 Å². The van der Waals surface area contributed by atoms with Gasteiger partial charge in [0.1, 0.15) is 0 Å². The zero-order valence-electron chi connectivity index (χ0n) is 15.4. The van der Waals surface area contributed by atoms with Crippen LogP contribution < -0.4 is 4.72 Å². The molecule has 1 aliphatic rings. The van der Waals surface area contributed by atoms with E-state index in [0.717, 1.165) is 30.0 Å². The third-order valence-electron chi connectivity index (χ3n) is 4.75. The number of sulfonamides is 1. The summed E-state index contributed by atoms with van der Waals surface area (Å²) >= 11 is 1.46. The lowest BCUT2D eigenvalue weighted by molar-refractivity contribution is 0.0645. The minimum atomic E-state index is -3.48. The highest BCUT2D eigenvalue weighted by Crippen LogP contribution is 2.14. The van der Waals surface area contributed by atoms with E-state index in [4.69, 9.17) is 0 Å². The molecule has 0 aliphatic carbocycles. The lowest BCUT2D eigenvalue weighted by Gasteiger charge is -2.34. The smallest absolute Gasteiger partial charge is 0.264 e. The molecule has 0 bridgehead atoms. The van der Waals surface area contributed by atoms with Crippen LogP contribution in [0, 0.1) is 0 Å². The Morgan fingerprint density at radius 3 is 2.41 bits per heavy atom. The molecule has 1 aromatic carbocycles. The van der Waals surface area contributed by atoms with Gasteiger partial charge in [0.25, 0.3) is 5.91 Å². The third kappa shape index (κ3) is 5.16. The molecule has 146 valence electrons. The predicted octanol–water partition coefficient (Wildman–Crippen LogP) is 2.05. The summed E-state index contributed by atoms with van der Waals surface area (Å²) in [6.07, 6.45) is 0.884. The number of piperazine rings is 1. The first-order valence-electron chi connectivity index (χ1n) is 9.13. The number of carbonyl (C=O) groups excluding carboxylic acids is 1. The monoisotopic (exact) mass is 407 g/mol. The van der Waals surface area contributed by atoms with Gasteiger partial charge in [-0.05, 0) is 35.6 Å². The molecule has 6 nitrogen and oxygen atoms in total. The highest BCUT2D eigenvalue weighted by Gasteiger charge is 2.23. The van der Waals surface area contributed by atoms with E-state index in [9.17, 15) is 13.2 Å². The van der Waals surface area contributed by atoms with Crippen LogP contribution in [-0.2, 0) is 16.4 Å². The first-order valence-corrected chi connectivity index (χ1v) is 11.5. The van der Waals surface area contributed by atoms with E-state index in [2.05, 4.69) is 9.62 Å². The predicted molar refractivity (Wildman–Crippen MR) is 108 cm³/mol. The topological polar surface area (TPSA) is 69.7 Å². The number of carbonyl (C=O) groups is 1. The van der Waals surface area contributed by atoms with Crippen molar-refractivity contribution in [1.29, 1.82) is 0 Å². The Morgan fingerprint density at radius 1 is 1.11 bits per heavy atom. The van der Waals surface area contributed by atoms with Crippen LogP contribution in [0.15, 0.2) is 46.7 Å². The van der Waals surface area contributed by atoms with Gasteiger partial charge in [0.05, 0.1) is 9.77 Å². The molecule has 1 saturated heterocycles. The first-order chi connectivity index (χ1) is 13.0. The Labute approximate surface area is 164 Å². The number of hydrogen-bond donors (Lipinski definition) is 1. The minimum absolute atomic E-state index is 0.0841. The highest BCUT2D eigenvalue weighted by molar-refractivity contribution is 7.89. The Balaban J connectivity index is 1.44. The van der Waals surface area contributed by atoms with Gasteiger partial charge in [0, 0.05) is 39.3 Å². The van der Waals surface area contributed by atoms with Crippen molar-refractivity contribution in [2.24, 2.45) is 0 Å². The molecule has 8 heteroatoms. The van der Waals surface area contributed by atoms with Gasteiger partial charge in [0.15, 0.2) is 0 Å². The molecule has 0 spiro atoms. The van der Waals surface area contributed by atoms with Crippen molar-refractivity contribution in [3.8, 4) is 0 Å². The lowest BCUT2D eigenvalue weighted by Crippen LogP contribution is -2.50. The molecule has 1 amide bonds. The summed E-state index contributed by atoms with van der Waals surface area (Å²) in [5.41, 5.74) is 1.11. The van der Waals surface area contributed by atoms with Crippen LogP contribution in [0.2, 0.25) is 0 Å². The molecular weight excluding hydrogens is 382 g/mol. The van der Waals surface area contributed by atoms with Gasteiger partial charge in [-0.15, -0.1) is 11.3 Å². The van der Waals surface area contributed by atoms with Crippen molar-refractivity contribution in [1.82, 2.24) is 14.5 Å². The maximum absolute atomic E-state index is 12.4. The summed E-state index contributed by atoms with van der Waals surface area (Å²) in [4.78, 5) is 17.5. The number of nitrogens with zero attached hydrogens (tertiary/aromatic N) is 2. The van der Waals surface area contributed by atoms with E-state index in [1.807, 2.05) is 41.5 Å². The second-order valence-corrected chi connectivity index (χ2v) is 9.22. The fraction of sp³-hybridized carbons (Fsp3) is 0.421. The minimum Gasteiger partial charge on any atom is -0.335 e. The van der Waals surface area contributed by atoms with Crippen LogP contribution in [0.25, 0.3) is 0 Å². The summed E-state index contributed by atoms with van der Waals surface area (Å²) in [6, 6.07) is 10.7. The number of aryl methyl sites for hydroxylation is 1. The summed E-state index contributed by atoms with van der Waals surface area (Å²) in [6.45, 7) is 5.87. The number of rotatable bonds is 7. The van der Waals surface area contributed by atoms with E-state index in [1.165, 1.54) is 11.3 Å². The SMILES string of the molecule is CCc1ccc(S(=O)(=O)NCCN2CCN(C(=O)c3cccs3)CC2)cc1. The Morgan fingerprint density at radius 2 is 1.81 bits per heavy atom. The molecule has 0 radical (unpaired) electrons. The van der Waals surface area contributed by atoms with Gasteiger partial charge in [-0.25, -0.2) is 13.1 Å². The van der Waals surface area contributed by atoms with Gasteiger partial charge in [-0.1, -0.05) is 25.1 Å². The molecule has 1 aromatic heterocycles. The summed E-state index contributed by atoms with van der Waals surface area (Å²) in [5.74, 6) is 0.0841. The van der Waals surface area contributed by atoms with Crippen LogP contribution in [-0.4, -0.2) is 63.4 Å². The van der Waals surface area contributed by atoms with Crippen molar-refractivity contribution >= 4 is 27.3 Å². The van der Waals surface area contributed by atoms with Crippen LogP contribution in [0.1, 0.15) is 22.2 Å². The standard InChI is InChI=1S/C19H25N3O3S2/c1-2-16-5-7-17(8-6-16)27(24,25)20-9-10-21-11-13-22(14-12-21)19(23)18-4-3-15-26-18/h3-8,15,20H,2,9-14H2,1H3. The number of amides is 1. The highest BCUT2D eigenvalue weighted by atomic mass is 32.2. The third-order valence-corrected chi connectivity index (χ3v) is 7.09. The average Bonchev–Trinajstić information content (AvgIpc) is 3.23. The van der Waals surface area contributed by atoms with Gasteiger partial charge in [-0.2, -0.15) is 0 Å². The fourth-order valence-electron chi connectivity index (χ4n) is 3.06. The molecule has 0 saturated carbocycles. The Bertz CT molecular complexity index is 841. The molecular formula is C19H25N3O3S2. The molecule has 0 unspecified atom stereocenters. The van der Waals surface area contributed by atoms with Crippen molar-refractivity contribution in [3.63, 3.8) is 0 Å². The second kappa shape index (κ2) is 8.97. The molecule has 1 fully saturated rings. The van der Waals surface area contributed by atoms with Crippen molar-refractivity contribution < 1.29 is 13.2 Å². The van der Waals surface area contributed by atoms with Crippen molar-refractivity contribution in [3.05, 3.63) is 52.2 Å². The number of nitrogens with one attached hydrogen (secondary N) is 1. The number of thiophene rings is 1.